The van der Waals surface area contributed by atoms with E-state index in [0.29, 0.717) is 12.0 Å². The van der Waals surface area contributed by atoms with Gasteiger partial charge in [-0.1, -0.05) is 51.1 Å². The molecule has 2 atom stereocenters. The Hall–Kier alpha value is -2.90. The molecule has 0 saturated carbocycles. The molecule has 0 aromatic heterocycles. The number of amides is 4. The van der Waals surface area contributed by atoms with Gasteiger partial charge in [0.05, 0.1) is 7.11 Å². The normalized spacial score (nSPS) is 20.4. The van der Waals surface area contributed by atoms with Gasteiger partial charge in [0.2, 0.25) is 5.91 Å². The molecule has 1 aromatic rings. The highest BCUT2D eigenvalue weighted by Gasteiger charge is 2.51. The smallest absolute Gasteiger partial charge is 0.328 e. The first kappa shape index (κ1) is 20.4. The number of nitrogens with zero attached hydrogens (tertiary/aromatic N) is 1. The number of hydrogen-bond donors (Lipinski definition) is 2. The molecule has 0 spiro atoms. The van der Waals surface area contributed by atoms with Crippen molar-refractivity contribution in [1.29, 1.82) is 0 Å². The van der Waals surface area contributed by atoms with E-state index in [1.165, 1.54) is 7.11 Å². The van der Waals surface area contributed by atoms with Crippen molar-refractivity contribution in [2.24, 2.45) is 5.92 Å². The molecule has 1 fully saturated rings. The van der Waals surface area contributed by atoms with Gasteiger partial charge in [0.25, 0.3) is 5.91 Å². The maximum Gasteiger partial charge on any atom is 0.328 e. The van der Waals surface area contributed by atoms with Crippen LogP contribution in [0.5, 0.6) is 0 Å². The van der Waals surface area contributed by atoms with Gasteiger partial charge in [-0.3, -0.25) is 14.5 Å². The Balaban J connectivity index is 2.17. The molecule has 1 aliphatic heterocycles. The molecule has 1 saturated heterocycles. The molecule has 8 nitrogen and oxygen atoms in total. The van der Waals surface area contributed by atoms with E-state index in [1.54, 1.807) is 45.0 Å². The largest absolute Gasteiger partial charge is 0.467 e. The third-order valence-corrected chi connectivity index (χ3v) is 4.71. The zero-order chi connectivity index (χ0) is 20.2. The lowest BCUT2D eigenvalue weighted by atomic mass is 9.87. The molecule has 8 heteroatoms. The van der Waals surface area contributed by atoms with Crippen molar-refractivity contribution in [3.63, 3.8) is 0 Å². The summed E-state index contributed by atoms with van der Waals surface area (Å²) in [5, 5.41) is 5.25. The van der Waals surface area contributed by atoms with Crippen LogP contribution in [0, 0.1) is 5.92 Å². The number of imide groups is 1. The summed E-state index contributed by atoms with van der Waals surface area (Å²) in [6, 6.07) is 7.41. The number of carbonyl (C=O) groups excluding carboxylic acids is 4. The minimum Gasteiger partial charge on any atom is -0.467 e. The molecule has 4 amide bonds. The van der Waals surface area contributed by atoms with Crippen LogP contribution >= 0.6 is 0 Å². The number of benzene rings is 1. The fourth-order valence-electron chi connectivity index (χ4n) is 3.12. The minimum atomic E-state index is -1.20. The first-order valence-electron chi connectivity index (χ1n) is 8.83. The van der Waals surface area contributed by atoms with E-state index in [-0.39, 0.29) is 5.92 Å². The second-order valence-corrected chi connectivity index (χ2v) is 6.76. The van der Waals surface area contributed by atoms with Crippen LogP contribution in [0.25, 0.3) is 0 Å². The molecule has 0 aliphatic carbocycles. The lowest BCUT2D eigenvalue weighted by Gasteiger charge is -2.26. The Bertz CT molecular complexity index is 734. The predicted octanol–water partition coefficient (Wildman–Crippen LogP) is 1.16. The van der Waals surface area contributed by atoms with Crippen molar-refractivity contribution >= 4 is 23.8 Å². The first-order chi connectivity index (χ1) is 12.8. The van der Waals surface area contributed by atoms with Crippen LogP contribution in [0.4, 0.5) is 4.79 Å². The Labute approximate surface area is 158 Å². The number of ether oxygens (including phenoxy) is 1. The number of esters is 1. The number of rotatable bonds is 7. The molecule has 27 heavy (non-hydrogen) atoms. The molecular weight excluding hydrogens is 350 g/mol. The zero-order valence-electron chi connectivity index (χ0n) is 15.9. The van der Waals surface area contributed by atoms with Gasteiger partial charge in [0.1, 0.15) is 18.1 Å². The summed E-state index contributed by atoms with van der Waals surface area (Å²) in [6.45, 7) is 4.83. The van der Waals surface area contributed by atoms with Gasteiger partial charge in [0.15, 0.2) is 0 Å². The quantitative estimate of drug-likeness (QED) is 0.550. The Morgan fingerprint density at radius 1 is 1.22 bits per heavy atom. The van der Waals surface area contributed by atoms with Crippen LogP contribution in [-0.2, 0) is 24.7 Å². The molecule has 0 radical (unpaired) electrons. The molecular formula is C19H25N3O5. The highest BCUT2D eigenvalue weighted by molar-refractivity contribution is 6.09. The Morgan fingerprint density at radius 3 is 2.37 bits per heavy atom. The van der Waals surface area contributed by atoms with Gasteiger partial charge in [0, 0.05) is 0 Å². The van der Waals surface area contributed by atoms with Crippen molar-refractivity contribution in [3.05, 3.63) is 35.9 Å². The summed E-state index contributed by atoms with van der Waals surface area (Å²) in [4.78, 5) is 50.4. The third-order valence-electron chi connectivity index (χ3n) is 4.71. The summed E-state index contributed by atoms with van der Waals surface area (Å²) in [5.41, 5.74) is -0.540. The van der Waals surface area contributed by atoms with Gasteiger partial charge in [-0.25, -0.2) is 9.59 Å². The molecule has 0 bridgehead atoms. The van der Waals surface area contributed by atoms with E-state index in [2.05, 4.69) is 15.4 Å². The maximum atomic E-state index is 13.0. The molecule has 1 heterocycles. The average molecular weight is 375 g/mol. The number of hydrogen-bond acceptors (Lipinski definition) is 5. The number of carbonyl (C=O) groups is 4. The molecule has 1 unspecified atom stereocenters. The summed E-state index contributed by atoms with van der Waals surface area (Å²) in [7, 11) is 1.23. The van der Waals surface area contributed by atoms with Crippen LogP contribution in [0.2, 0.25) is 0 Å². The van der Waals surface area contributed by atoms with E-state index in [0.717, 1.165) is 4.90 Å². The van der Waals surface area contributed by atoms with Crippen molar-refractivity contribution in [2.45, 2.75) is 38.8 Å². The molecule has 146 valence electrons. The number of nitrogens with one attached hydrogen (secondary N) is 2. The van der Waals surface area contributed by atoms with E-state index < -0.39 is 41.9 Å². The summed E-state index contributed by atoms with van der Waals surface area (Å²) in [6.07, 6.45) is 0.344. The van der Waals surface area contributed by atoms with E-state index in [9.17, 15) is 19.2 Å². The Morgan fingerprint density at radius 2 is 1.85 bits per heavy atom. The predicted molar refractivity (Wildman–Crippen MR) is 97.4 cm³/mol. The van der Waals surface area contributed by atoms with Crippen molar-refractivity contribution in [3.8, 4) is 0 Å². The van der Waals surface area contributed by atoms with E-state index >= 15 is 0 Å². The van der Waals surface area contributed by atoms with Crippen molar-refractivity contribution in [1.82, 2.24) is 15.5 Å². The van der Waals surface area contributed by atoms with Crippen molar-refractivity contribution in [2.75, 3.05) is 13.7 Å². The molecule has 2 N–H and O–H groups in total. The maximum absolute atomic E-state index is 13.0. The van der Waals surface area contributed by atoms with Crippen LogP contribution < -0.4 is 10.6 Å². The molecule has 1 aromatic carbocycles. The highest BCUT2D eigenvalue weighted by Crippen LogP contribution is 2.32. The molecule has 1 aliphatic rings. The Kier molecular flexibility index (Phi) is 6.20. The lowest BCUT2D eigenvalue weighted by Crippen LogP contribution is -2.50. The SMILES string of the molecule is CCC1(c2ccccc2)NC(=O)N(CC(=O)N[C@H](C(=O)OC)C(C)C)C1=O. The van der Waals surface area contributed by atoms with E-state index in [1.807, 2.05) is 6.07 Å². The fraction of sp³-hybridized carbons (Fsp3) is 0.474. The lowest BCUT2D eigenvalue weighted by molar-refractivity contribution is -0.146. The van der Waals surface area contributed by atoms with Crippen molar-refractivity contribution < 1.29 is 23.9 Å². The standard InChI is InChI=1S/C19H25N3O5/c1-5-19(13-9-7-6-8-10-13)17(25)22(18(26)21-19)11-14(23)20-15(12(2)3)16(24)27-4/h6-10,12,15H,5,11H2,1-4H3,(H,20,23)(H,21,26)/t15-,19?/m0/s1. The zero-order valence-corrected chi connectivity index (χ0v) is 15.9. The first-order valence-corrected chi connectivity index (χ1v) is 8.83. The van der Waals surface area contributed by atoms with Crippen LogP contribution in [-0.4, -0.2) is 48.4 Å². The average Bonchev–Trinajstić information content (AvgIpc) is 2.91. The number of urea groups is 1. The van der Waals surface area contributed by atoms with Gasteiger partial charge in [-0.2, -0.15) is 0 Å². The van der Waals surface area contributed by atoms with E-state index in [4.69, 9.17) is 0 Å². The van der Waals surface area contributed by atoms with Crippen LogP contribution in [0.3, 0.4) is 0 Å². The van der Waals surface area contributed by atoms with Gasteiger partial charge < -0.3 is 15.4 Å². The van der Waals surface area contributed by atoms with Gasteiger partial charge >= 0.3 is 12.0 Å². The fourth-order valence-corrected chi connectivity index (χ4v) is 3.12. The molecule has 2 rings (SSSR count). The van der Waals surface area contributed by atoms with Crippen LogP contribution in [0.15, 0.2) is 30.3 Å². The highest BCUT2D eigenvalue weighted by atomic mass is 16.5. The number of methoxy groups -OCH3 is 1. The summed E-state index contributed by atoms with van der Waals surface area (Å²) < 4.78 is 4.68. The minimum absolute atomic E-state index is 0.205. The second kappa shape index (κ2) is 8.20. The monoisotopic (exact) mass is 375 g/mol. The summed E-state index contributed by atoms with van der Waals surface area (Å²) in [5.74, 6) is -1.88. The van der Waals surface area contributed by atoms with Crippen LogP contribution in [0.1, 0.15) is 32.8 Å². The second-order valence-electron chi connectivity index (χ2n) is 6.76. The van der Waals surface area contributed by atoms with Gasteiger partial charge in [-0.15, -0.1) is 0 Å². The van der Waals surface area contributed by atoms with Gasteiger partial charge in [-0.05, 0) is 17.9 Å². The third kappa shape index (κ3) is 3.94. The summed E-state index contributed by atoms with van der Waals surface area (Å²) >= 11 is 0. The topological polar surface area (TPSA) is 105 Å².